The van der Waals surface area contributed by atoms with Crippen molar-refractivity contribution in [3.8, 4) is 17.2 Å². The molecule has 30 heavy (non-hydrogen) atoms. The summed E-state index contributed by atoms with van der Waals surface area (Å²) >= 11 is 5.98. The van der Waals surface area contributed by atoms with Crippen molar-refractivity contribution >= 4 is 34.0 Å². The summed E-state index contributed by atoms with van der Waals surface area (Å²) in [5.41, 5.74) is 1.34. The van der Waals surface area contributed by atoms with Gasteiger partial charge < -0.3 is 14.8 Å². The number of ether oxygens (including phenoxy) is 2. The topological polar surface area (TPSA) is 69.6 Å². The van der Waals surface area contributed by atoms with E-state index in [4.69, 9.17) is 21.1 Å². The smallest absolute Gasteiger partial charge is 0.262 e. The molecule has 1 aliphatic heterocycles. The standard InChI is InChI=1S/C23H15ClN2O4/c24-14-5-8-16(9-6-14)26-12-19(17-3-1-2-4-18(17)23(26)28)22(27)25-15-7-10-20-21(11-15)30-13-29-20/h1-12H,13H2,(H,25,27). The minimum absolute atomic E-state index is 0.156. The number of rotatable bonds is 3. The van der Waals surface area contributed by atoms with E-state index >= 15 is 0 Å². The fraction of sp³-hybridized carbons (Fsp3) is 0.0435. The second-order valence-electron chi connectivity index (χ2n) is 6.76. The third-order valence-electron chi connectivity index (χ3n) is 4.90. The lowest BCUT2D eigenvalue weighted by Crippen LogP contribution is -2.22. The molecule has 0 saturated heterocycles. The number of benzene rings is 3. The van der Waals surface area contributed by atoms with Gasteiger partial charge in [0.15, 0.2) is 11.5 Å². The Hall–Kier alpha value is -3.77. The van der Waals surface area contributed by atoms with Crippen molar-refractivity contribution in [1.82, 2.24) is 4.57 Å². The van der Waals surface area contributed by atoms with Crippen molar-refractivity contribution in [2.45, 2.75) is 0 Å². The highest BCUT2D eigenvalue weighted by Crippen LogP contribution is 2.34. The molecule has 0 fully saturated rings. The Morgan fingerprint density at radius 1 is 0.933 bits per heavy atom. The van der Waals surface area contributed by atoms with E-state index in [-0.39, 0.29) is 18.3 Å². The molecule has 0 atom stereocenters. The third-order valence-corrected chi connectivity index (χ3v) is 5.16. The zero-order valence-electron chi connectivity index (χ0n) is 15.6. The predicted octanol–water partition coefficient (Wildman–Crippen LogP) is 4.63. The van der Waals surface area contributed by atoms with Gasteiger partial charge in [0.2, 0.25) is 6.79 Å². The van der Waals surface area contributed by atoms with E-state index in [1.165, 1.54) is 4.57 Å². The zero-order valence-corrected chi connectivity index (χ0v) is 16.3. The minimum atomic E-state index is -0.340. The zero-order chi connectivity index (χ0) is 20.7. The number of carbonyl (C=O) groups is 1. The minimum Gasteiger partial charge on any atom is -0.454 e. The molecule has 5 rings (SSSR count). The molecule has 1 N–H and O–H groups in total. The molecular formula is C23H15ClN2O4. The summed E-state index contributed by atoms with van der Waals surface area (Å²) in [5, 5.41) is 4.46. The van der Waals surface area contributed by atoms with Crippen LogP contribution in [0.5, 0.6) is 11.5 Å². The van der Waals surface area contributed by atoms with E-state index in [9.17, 15) is 9.59 Å². The molecule has 6 nitrogen and oxygen atoms in total. The van der Waals surface area contributed by atoms with Gasteiger partial charge in [0.05, 0.1) is 5.56 Å². The van der Waals surface area contributed by atoms with E-state index in [0.29, 0.717) is 44.2 Å². The van der Waals surface area contributed by atoms with Crippen LogP contribution in [-0.4, -0.2) is 17.3 Å². The molecule has 7 heteroatoms. The van der Waals surface area contributed by atoms with E-state index in [1.54, 1.807) is 72.9 Å². The summed E-state index contributed by atoms with van der Waals surface area (Å²) < 4.78 is 12.1. The molecule has 0 aliphatic carbocycles. The maximum atomic E-state index is 13.2. The highest BCUT2D eigenvalue weighted by molar-refractivity contribution is 6.30. The number of carbonyl (C=O) groups excluding carboxylic acids is 1. The number of hydrogen-bond acceptors (Lipinski definition) is 4. The molecule has 0 radical (unpaired) electrons. The van der Waals surface area contributed by atoms with Gasteiger partial charge in [-0.1, -0.05) is 29.8 Å². The number of halogens is 1. The molecule has 0 unspecified atom stereocenters. The molecule has 0 saturated carbocycles. The number of amides is 1. The van der Waals surface area contributed by atoms with E-state index in [1.807, 2.05) is 0 Å². The summed E-state index contributed by atoms with van der Waals surface area (Å²) in [6, 6.07) is 19.1. The van der Waals surface area contributed by atoms with Gasteiger partial charge in [0, 0.05) is 39.4 Å². The van der Waals surface area contributed by atoms with Crippen LogP contribution < -0.4 is 20.3 Å². The molecule has 3 aromatic carbocycles. The number of nitrogens with one attached hydrogen (secondary N) is 1. The van der Waals surface area contributed by atoms with Crippen LogP contribution in [0.1, 0.15) is 10.4 Å². The van der Waals surface area contributed by atoms with E-state index in [0.717, 1.165) is 0 Å². The summed E-state index contributed by atoms with van der Waals surface area (Å²) in [7, 11) is 0. The molecule has 0 spiro atoms. The Bertz CT molecular complexity index is 1350. The molecular weight excluding hydrogens is 404 g/mol. The van der Waals surface area contributed by atoms with Gasteiger partial charge in [-0.2, -0.15) is 0 Å². The number of anilines is 1. The van der Waals surface area contributed by atoms with Crippen LogP contribution in [0.4, 0.5) is 5.69 Å². The summed E-state index contributed by atoms with van der Waals surface area (Å²) in [6.07, 6.45) is 1.55. The quantitative estimate of drug-likeness (QED) is 0.527. The van der Waals surface area contributed by atoms with Crippen molar-refractivity contribution in [3.05, 3.63) is 93.9 Å². The van der Waals surface area contributed by atoms with Gasteiger partial charge in [-0.15, -0.1) is 0 Å². The fourth-order valence-corrected chi connectivity index (χ4v) is 3.56. The van der Waals surface area contributed by atoms with E-state index in [2.05, 4.69) is 5.32 Å². The Balaban J connectivity index is 1.61. The summed E-state index contributed by atoms with van der Waals surface area (Å²) in [5.74, 6) is 0.867. The average Bonchev–Trinajstić information content (AvgIpc) is 3.23. The van der Waals surface area contributed by atoms with Crippen LogP contribution in [-0.2, 0) is 0 Å². The first-order valence-electron chi connectivity index (χ1n) is 9.21. The maximum absolute atomic E-state index is 13.2. The molecule has 2 heterocycles. The Kier molecular flexibility index (Phi) is 4.41. The van der Waals surface area contributed by atoms with Gasteiger partial charge in [0.1, 0.15) is 0 Å². The molecule has 1 aliphatic rings. The molecule has 1 amide bonds. The van der Waals surface area contributed by atoms with Crippen molar-refractivity contribution in [1.29, 1.82) is 0 Å². The lowest BCUT2D eigenvalue weighted by Gasteiger charge is -2.13. The number of fused-ring (bicyclic) bond motifs is 2. The molecule has 0 bridgehead atoms. The first-order chi connectivity index (χ1) is 14.6. The largest absolute Gasteiger partial charge is 0.454 e. The Morgan fingerprint density at radius 2 is 1.67 bits per heavy atom. The van der Waals surface area contributed by atoms with Crippen LogP contribution in [0.3, 0.4) is 0 Å². The molecule has 1 aromatic heterocycles. The number of pyridine rings is 1. The number of aromatic nitrogens is 1. The number of nitrogens with zero attached hydrogens (tertiary/aromatic N) is 1. The molecule has 148 valence electrons. The first-order valence-corrected chi connectivity index (χ1v) is 9.59. The lowest BCUT2D eigenvalue weighted by molar-refractivity contribution is 0.102. The second-order valence-corrected chi connectivity index (χ2v) is 7.20. The summed E-state index contributed by atoms with van der Waals surface area (Å²) in [4.78, 5) is 26.2. The SMILES string of the molecule is O=C(Nc1ccc2c(c1)OCO2)c1cn(-c2ccc(Cl)cc2)c(=O)c2ccccc12. The summed E-state index contributed by atoms with van der Waals surface area (Å²) in [6.45, 7) is 0.156. The maximum Gasteiger partial charge on any atom is 0.262 e. The highest BCUT2D eigenvalue weighted by atomic mass is 35.5. The van der Waals surface area contributed by atoms with Crippen LogP contribution in [0, 0.1) is 0 Å². The van der Waals surface area contributed by atoms with Crippen LogP contribution in [0.15, 0.2) is 77.7 Å². The normalized spacial score (nSPS) is 12.2. The Morgan fingerprint density at radius 3 is 2.47 bits per heavy atom. The lowest BCUT2D eigenvalue weighted by atomic mass is 10.1. The second kappa shape index (κ2) is 7.24. The van der Waals surface area contributed by atoms with Crippen LogP contribution >= 0.6 is 11.6 Å². The van der Waals surface area contributed by atoms with Crippen molar-refractivity contribution in [2.24, 2.45) is 0 Å². The van der Waals surface area contributed by atoms with Gasteiger partial charge >= 0.3 is 0 Å². The fourth-order valence-electron chi connectivity index (χ4n) is 3.44. The predicted molar refractivity (Wildman–Crippen MR) is 115 cm³/mol. The van der Waals surface area contributed by atoms with Crippen LogP contribution in [0.2, 0.25) is 5.02 Å². The van der Waals surface area contributed by atoms with Crippen LogP contribution in [0.25, 0.3) is 16.5 Å². The monoisotopic (exact) mass is 418 g/mol. The van der Waals surface area contributed by atoms with Gasteiger partial charge in [-0.3, -0.25) is 14.2 Å². The van der Waals surface area contributed by atoms with Crippen molar-refractivity contribution < 1.29 is 14.3 Å². The Labute approximate surface area is 176 Å². The van der Waals surface area contributed by atoms with Gasteiger partial charge in [-0.05, 0) is 42.5 Å². The van der Waals surface area contributed by atoms with Gasteiger partial charge in [0.25, 0.3) is 11.5 Å². The van der Waals surface area contributed by atoms with Crippen molar-refractivity contribution in [3.63, 3.8) is 0 Å². The number of hydrogen-bond donors (Lipinski definition) is 1. The van der Waals surface area contributed by atoms with E-state index < -0.39 is 0 Å². The average molecular weight is 419 g/mol. The third kappa shape index (κ3) is 3.17. The first kappa shape index (κ1) is 18.3. The van der Waals surface area contributed by atoms with Crippen molar-refractivity contribution in [2.75, 3.05) is 12.1 Å². The highest BCUT2D eigenvalue weighted by Gasteiger charge is 2.18. The molecule has 4 aromatic rings. The van der Waals surface area contributed by atoms with Gasteiger partial charge in [-0.25, -0.2) is 0 Å².